The quantitative estimate of drug-likeness (QED) is 0.616. The van der Waals surface area contributed by atoms with Crippen LogP contribution >= 0.6 is 34.2 Å². The molecular weight excluding hydrogens is 356 g/mol. The first-order valence-electron chi connectivity index (χ1n) is 4.92. The summed E-state index contributed by atoms with van der Waals surface area (Å²) in [4.78, 5) is 11.8. The standard InChI is InChI=1S/C11H13ClINO3/c1-17-6-8(5-12)14-11(16)7-2-3-9(13)10(15)4-7/h2-4,8,15H,5-6H2,1H3,(H,14,16). The number of ether oxygens (including phenoxy) is 1. The molecule has 0 aromatic heterocycles. The van der Waals surface area contributed by atoms with Crippen LogP contribution in [0.15, 0.2) is 18.2 Å². The summed E-state index contributed by atoms with van der Waals surface area (Å²) in [6.45, 7) is 0.353. The van der Waals surface area contributed by atoms with Crippen LogP contribution in [0.25, 0.3) is 0 Å². The van der Waals surface area contributed by atoms with Crippen molar-refractivity contribution in [3.8, 4) is 5.75 Å². The normalized spacial score (nSPS) is 12.2. The maximum absolute atomic E-state index is 11.8. The smallest absolute Gasteiger partial charge is 0.251 e. The molecule has 0 saturated heterocycles. The maximum atomic E-state index is 11.8. The summed E-state index contributed by atoms with van der Waals surface area (Å²) in [6.07, 6.45) is 0. The van der Waals surface area contributed by atoms with E-state index in [1.54, 1.807) is 19.2 Å². The van der Waals surface area contributed by atoms with Gasteiger partial charge in [0.05, 0.1) is 16.2 Å². The summed E-state index contributed by atoms with van der Waals surface area (Å²) < 4.78 is 5.62. The Balaban J connectivity index is 2.72. The van der Waals surface area contributed by atoms with E-state index in [4.69, 9.17) is 16.3 Å². The molecule has 0 aliphatic rings. The van der Waals surface area contributed by atoms with Gasteiger partial charge in [-0.2, -0.15) is 0 Å². The highest BCUT2D eigenvalue weighted by molar-refractivity contribution is 14.1. The van der Waals surface area contributed by atoms with Gasteiger partial charge in [0.2, 0.25) is 0 Å². The Labute approximate surface area is 118 Å². The third-order valence-corrected chi connectivity index (χ3v) is 3.38. The highest BCUT2D eigenvalue weighted by Crippen LogP contribution is 2.20. The zero-order chi connectivity index (χ0) is 12.8. The van der Waals surface area contributed by atoms with Gasteiger partial charge in [0.15, 0.2) is 0 Å². The van der Waals surface area contributed by atoms with Crippen LogP contribution in [-0.2, 0) is 4.74 Å². The Bertz CT molecular complexity index is 400. The first kappa shape index (κ1) is 14.5. The molecule has 1 amide bonds. The minimum Gasteiger partial charge on any atom is -0.507 e. The van der Waals surface area contributed by atoms with Gasteiger partial charge in [-0.15, -0.1) is 11.6 Å². The molecule has 0 saturated carbocycles. The largest absolute Gasteiger partial charge is 0.507 e. The summed E-state index contributed by atoms with van der Waals surface area (Å²) in [7, 11) is 1.54. The zero-order valence-corrected chi connectivity index (χ0v) is 12.2. The molecule has 1 aromatic rings. The van der Waals surface area contributed by atoms with Gasteiger partial charge in [0.25, 0.3) is 5.91 Å². The fourth-order valence-electron chi connectivity index (χ4n) is 1.25. The van der Waals surface area contributed by atoms with Crippen molar-refractivity contribution in [2.75, 3.05) is 19.6 Å². The van der Waals surface area contributed by atoms with Crippen LogP contribution in [0.5, 0.6) is 5.75 Å². The van der Waals surface area contributed by atoms with Crippen molar-refractivity contribution >= 4 is 40.1 Å². The lowest BCUT2D eigenvalue weighted by Crippen LogP contribution is -2.39. The van der Waals surface area contributed by atoms with Crippen molar-refractivity contribution < 1.29 is 14.6 Å². The van der Waals surface area contributed by atoms with Crippen LogP contribution in [-0.4, -0.2) is 36.7 Å². The second-order valence-corrected chi connectivity index (χ2v) is 4.92. The van der Waals surface area contributed by atoms with Crippen LogP contribution in [0.2, 0.25) is 0 Å². The fourth-order valence-corrected chi connectivity index (χ4v) is 1.75. The summed E-state index contributed by atoms with van der Waals surface area (Å²) in [5.74, 6) is 0.0856. The molecule has 17 heavy (non-hydrogen) atoms. The van der Waals surface area contributed by atoms with Crippen LogP contribution in [0.3, 0.4) is 0 Å². The lowest BCUT2D eigenvalue weighted by Gasteiger charge is -2.15. The molecule has 1 atom stereocenters. The molecule has 0 heterocycles. The van der Waals surface area contributed by atoms with E-state index in [9.17, 15) is 9.90 Å². The minimum absolute atomic E-state index is 0.0902. The molecule has 2 N–H and O–H groups in total. The minimum atomic E-state index is -0.278. The van der Waals surface area contributed by atoms with Crippen LogP contribution in [0.4, 0.5) is 0 Å². The van der Waals surface area contributed by atoms with E-state index in [-0.39, 0.29) is 23.6 Å². The molecule has 0 radical (unpaired) electrons. The van der Waals surface area contributed by atoms with Gasteiger partial charge in [0, 0.05) is 18.6 Å². The molecule has 6 heteroatoms. The van der Waals surface area contributed by atoms with Gasteiger partial charge in [-0.1, -0.05) is 0 Å². The van der Waals surface area contributed by atoms with Crippen LogP contribution < -0.4 is 5.32 Å². The van der Waals surface area contributed by atoms with Gasteiger partial charge >= 0.3 is 0 Å². The first-order chi connectivity index (χ1) is 8.08. The fraction of sp³-hybridized carbons (Fsp3) is 0.364. The molecule has 0 fully saturated rings. The van der Waals surface area contributed by atoms with Crippen molar-refractivity contribution in [2.45, 2.75) is 6.04 Å². The summed E-state index contributed by atoms with van der Waals surface area (Å²) in [5.41, 5.74) is 0.397. The maximum Gasteiger partial charge on any atom is 0.251 e. The van der Waals surface area contributed by atoms with E-state index in [2.05, 4.69) is 5.32 Å². The molecular formula is C11H13ClINO3. The number of methoxy groups -OCH3 is 1. The average molecular weight is 370 g/mol. The molecule has 0 aliphatic heterocycles. The number of amides is 1. The molecule has 1 rings (SSSR count). The molecule has 1 unspecified atom stereocenters. The van der Waals surface area contributed by atoms with Gasteiger partial charge < -0.3 is 15.2 Å². The number of aromatic hydroxyl groups is 1. The van der Waals surface area contributed by atoms with Crippen molar-refractivity contribution in [1.82, 2.24) is 5.32 Å². The number of halogens is 2. The van der Waals surface area contributed by atoms with Crippen LogP contribution in [0, 0.1) is 3.57 Å². The third kappa shape index (κ3) is 4.33. The number of nitrogens with one attached hydrogen (secondary N) is 1. The van der Waals surface area contributed by atoms with E-state index in [1.165, 1.54) is 6.07 Å². The molecule has 0 aliphatic carbocycles. The number of carbonyl (C=O) groups excluding carboxylic acids is 1. The second-order valence-electron chi connectivity index (χ2n) is 3.45. The van der Waals surface area contributed by atoms with Crippen molar-refractivity contribution in [2.24, 2.45) is 0 Å². The van der Waals surface area contributed by atoms with Gasteiger partial charge in [-0.05, 0) is 40.8 Å². The van der Waals surface area contributed by atoms with E-state index in [0.717, 1.165) is 0 Å². The molecule has 0 bridgehead atoms. The monoisotopic (exact) mass is 369 g/mol. The Hall–Kier alpha value is -0.530. The van der Waals surface area contributed by atoms with Crippen molar-refractivity contribution in [1.29, 1.82) is 0 Å². The van der Waals surface area contributed by atoms with Crippen LogP contribution in [0.1, 0.15) is 10.4 Å². The highest BCUT2D eigenvalue weighted by Gasteiger charge is 2.13. The molecule has 1 aromatic carbocycles. The number of hydrogen-bond donors (Lipinski definition) is 2. The lowest BCUT2D eigenvalue weighted by atomic mass is 10.2. The molecule has 94 valence electrons. The number of carbonyl (C=O) groups is 1. The van der Waals surface area contributed by atoms with Crippen molar-refractivity contribution in [3.05, 3.63) is 27.3 Å². The second kappa shape index (κ2) is 7.03. The number of hydrogen-bond acceptors (Lipinski definition) is 3. The highest BCUT2D eigenvalue weighted by atomic mass is 127. The summed E-state index contributed by atoms with van der Waals surface area (Å²) in [6, 6.07) is 4.51. The molecule has 4 nitrogen and oxygen atoms in total. The summed E-state index contributed by atoms with van der Waals surface area (Å²) >= 11 is 7.68. The molecule has 0 spiro atoms. The van der Waals surface area contributed by atoms with E-state index >= 15 is 0 Å². The van der Waals surface area contributed by atoms with E-state index in [1.807, 2.05) is 22.6 Å². The Morgan fingerprint density at radius 1 is 1.65 bits per heavy atom. The third-order valence-electron chi connectivity index (χ3n) is 2.10. The number of alkyl halides is 1. The average Bonchev–Trinajstić information content (AvgIpc) is 2.31. The Kier molecular flexibility index (Phi) is 6.01. The van der Waals surface area contributed by atoms with Gasteiger partial charge in [0.1, 0.15) is 5.75 Å². The number of phenolic OH excluding ortho intramolecular Hbond substituents is 1. The number of rotatable bonds is 5. The zero-order valence-electron chi connectivity index (χ0n) is 9.24. The predicted octanol–water partition coefficient (Wildman–Crippen LogP) is 1.98. The number of benzene rings is 1. The topological polar surface area (TPSA) is 58.6 Å². The summed E-state index contributed by atoms with van der Waals surface area (Å²) in [5, 5.41) is 12.2. The lowest BCUT2D eigenvalue weighted by molar-refractivity contribution is 0.0906. The van der Waals surface area contributed by atoms with E-state index in [0.29, 0.717) is 15.7 Å². The van der Waals surface area contributed by atoms with E-state index < -0.39 is 0 Å². The SMILES string of the molecule is COCC(CCl)NC(=O)c1ccc(I)c(O)c1. The predicted molar refractivity (Wildman–Crippen MR) is 74.7 cm³/mol. The Morgan fingerprint density at radius 3 is 2.88 bits per heavy atom. The Morgan fingerprint density at radius 2 is 2.35 bits per heavy atom. The number of phenols is 1. The van der Waals surface area contributed by atoms with Gasteiger partial charge in [-0.3, -0.25) is 4.79 Å². The van der Waals surface area contributed by atoms with Gasteiger partial charge in [-0.25, -0.2) is 0 Å². The van der Waals surface area contributed by atoms with Crippen molar-refractivity contribution in [3.63, 3.8) is 0 Å². The first-order valence-corrected chi connectivity index (χ1v) is 6.54.